The number of aromatic nitrogens is 10. The molecule has 3 saturated heterocycles. The van der Waals surface area contributed by atoms with Gasteiger partial charge in [-0.1, -0.05) is 114 Å². The molecule has 3 aliphatic rings. The first-order chi connectivity index (χ1) is 54.2. The predicted molar refractivity (Wildman–Crippen MR) is 447 cm³/mol. The quantitative estimate of drug-likeness (QED) is 0.123. The minimum Gasteiger partial charge on any atom is -0.399 e. The predicted octanol–water partition coefficient (Wildman–Crippen LogP) is 16.9. The fraction of sp³-hybridized carbons (Fsp3) is 0.151. The van der Waals surface area contributed by atoms with E-state index in [0.717, 1.165) is 113 Å². The van der Waals surface area contributed by atoms with E-state index >= 15 is 0 Å². The molecule has 112 heavy (non-hydrogen) atoms. The van der Waals surface area contributed by atoms with E-state index in [1.165, 1.54) is 0 Å². The molecule has 21 nitrogen and oxygen atoms in total. The van der Waals surface area contributed by atoms with Gasteiger partial charge in [0, 0.05) is 141 Å². The van der Waals surface area contributed by atoms with Crippen LogP contribution in [0.2, 0.25) is 25.1 Å². The van der Waals surface area contributed by atoms with E-state index in [4.69, 9.17) is 74.2 Å². The highest BCUT2D eigenvalue weighted by molar-refractivity contribution is 6.32. The maximum absolute atomic E-state index is 12.6. The minimum absolute atomic E-state index is 0.0159. The zero-order valence-electron chi connectivity index (χ0n) is 61.0. The molecule has 10 aromatic carbocycles. The average molecular weight is 1590 g/mol. The van der Waals surface area contributed by atoms with E-state index in [-0.39, 0.29) is 36.1 Å². The van der Waals surface area contributed by atoms with Gasteiger partial charge in [0.1, 0.15) is 31.6 Å². The Balaban J connectivity index is 0.000000117. The summed E-state index contributed by atoms with van der Waals surface area (Å²) in [6, 6.07) is 66.8. The standard InChI is InChI=1S/C18H17ClN4O.C18H16ClN3O2.C18H14ClN3O2.C17H16ClN3.C15H12ClN3/c19-13-2-1-3-15(9-13)23-11-21-16-8-12(4-5-17(16)23)18(24)22-7-6-14(20)10-22;19-14-2-1-3-15(11-14)22-12-20-16-10-13(4-5-17(16)22)18(23)21-6-8-24-9-7-21;19-13-2-1-3-14(9-13)22-11-20-16-8-12(4-5-17(16)22)18(24)21-7-6-15(23)10-21;1-12(20(2)3)13-7-8-17-16(9-13)19-11-21(17)15-6-4-5-14(18)10-15;1-10(17)11-5-6-15-14(7-11)18-9-19(15)13-4-2-3-12(16)8-13/h1-5,8-9,11,14H,6-7,10,20H2;1-5,10-12H,6-9H2;1-5,8-9,11H,6-7,10H2;4-11H,1H2,2-3H3;2-9H,1,17H2. The Bertz CT molecular complexity index is 5940. The van der Waals surface area contributed by atoms with Crippen LogP contribution in [0.4, 0.5) is 0 Å². The summed E-state index contributed by atoms with van der Waals surface area (Å²) in [7, 11) is 3.97. The van der Waals surface area contributed by atoms with Gasteiger partial charge in [-0.2, -0.15) is 0 Å². The first kappa shape index (κ1) is 76.8. The second kappa shape index (κ2) is 34.1. The smallest absolute Gasteiger partial charge is 0.254 e. The molecule has 15 aromatic rings. The van der Waals surface area contributed by atoms with E-state index in [1.54, 1.807) is 47.2 Å². The van der Waals surface area contributed by atoms with Gasteiger partial charge in [-0.25, -0.2) is 24.9 Å². The Morgan fingerprint density at radius 3 is 1.03 bits per heavy atom. The van der Waals surface area contributed by atoms with Crippen molar-refractivity contribution in [2.24, 2.45) is 11.5 Å². The van der Waals surface area contributed by atoms with Crippen molar-refractivity contribution in [3.8, 4) is 28.4 Å². The average Bonchev–Trinajstić information content (AvgIpc) is 1.67. The van der Waals surface area contributed by atoms with Crippen molar-refractivity contribution in [2.45, 2.75) is 18.9 Å². The number of hydrogen-bond acceptors (Lipinski definition) is 13. The molecule has 5 aromatic heterocycles. The molecule has 26 heteroatoms. The van der Waals surface area contributed by atoms with E-state index in [2.05, 4.69) is 56.3 Å². The maximum atomic E-state index is 12.6. The van der Waals surface area contributed by atoms with Crippen LogP contribution in [0, 0.1) is 0 Å². The first-order valence-electron chi connectivity index (χ1n) is 35.9. The highest BCUT2D eigenvalue weighted by Crippen LogP contribution is 2.30. The molecule has 0 bridgehead atoms. The van der Waals surface area contributed by atoms with Crippen LogP contribution in [0.3, 0.4) is 0 Å². The van der Waals surface area contributed by atoms with Crippen molar-refractivity contribution in [1.29, 1.82) is 0 Å². The number of carbonyl (C=O) groups excluding carboxylic acids is 4. The van der Waals surface area contributed by atoms with Crippen LogP contribution in [0.5, 0.6) is 0 Å². The number of ether oxygens (including phenoxy) is 1. The number of ketones is 1. The monoisotopic (exact) mass is 1590 g/mol. The SMILES string of the molecule is C=C(N)c1ccc2c(c1)ncn2-c1cccc(Cl)c1.C=C(c1ccc2c(c1)ncn2-c1cccc(Cl)c1)N(C)C.NC1CCN(C(=O)c2ccc3c(c2)ncn3-c2cccc(Cl)c2)C1.O=C(c1ccc2c(c1)ncn2-c1cccc(Cl)c1)N1CCOCC1.O=C1CCN(C(=O)c2ccc3c(c2)ncn3-c2cccc(Cl)c2)C1. The van der Waals surface area contributed by atoms with E-state index < -0.39 is 0 Å². The molecule has 3 aliphatic heterocycles. The molecule has 3 amide bonds. The summed E-state index contributed by atoms with van der Waals surface area (Å²) < 4.78 is 15.2. The van der Waals surface area contributed by atoms with Gasteiger partial charge in [-0.05, 0) is 187 Å². The molecular weight excluding hydrogens is 1510 g/mol. The molecule has 18 rings (SSSR count). The van der Waals surface area contributed by atoms with Crippen LogP contribution in [-0.4, -0.2) is 163 Å². The van der Waals surface area contributed by atoms with Gasteiger partial charge in [-0.15, -0.1) is 0 Å². The zero-order valence-corrected chi connectivity index (χ0v) is 64.8. The molecule has 3 fully saturated rings. The molecule has 0 spiro atoms. The van der Waals surface area contributed by atoms with E-state index in [1.807, 2.05) is 235 Å². The first-order valence-corrected chi connectivity index (χ1v) is 37.8. The Hall–Kier alpha value is -11.9. The second-order valence-corrected chi connectivity index (χ2v) is 29.3. The van der Waals surface area contributed by atoms with Crippen molar-refractivity contribution in [3.63, 3.8) is 0 Å². The van der Waals surface area contributed by atoms with Crippen molar-refractivity contribution < 1.29 is 23.9 Å². The zero-order chi connectivity index (χ0) is 78.3. The number of imidazole rings is 5. The van der Waals surface area contributed by atoms with Gasteiger partial charge in [-0.3, -0.25) is 42.0 Å². The topological polar surface area (TPSA) is 232 Å². The normalized spacial score (nSPS) is 13.9. The lowest BCUT2D eigenvalue weighted by molar-refractivity contribution is -0.116. The fourth-order valence-electron chi connectivity index (χ4n) is 13.3. The van der Waals surface area contributed by atoms with Gasteiger partial charge in [0.25, 0.3) is 17.7 Å². The molecule has 4 N–H and O–H groups in total. The van der Waals surface area contributed by atoms with Gasteiger partial charge >= 0.3 is 0 Å². The molecule has 8 heterocycles. The number of halogens is 5. The summed E-state index contributed by atoms with van der Waals surface area (Å²) in [5, 5.41) is 3.41. The summed E-state index contributed by atoms with van der Waals surface area (Å²) in [6.07, 6.45) is 10.1. The number of rotatable bonds is 11. The van der Waals surface area contributed by atoms with Gasteiger partial charge in [0.15, 0.2) is 5.78 Å². The summed E-state index contributed by atoms with van der Waals surface area (Å²) in [5.41, 5.74) is 30.6. The van der Waals surface area contributed by atoms with Crippen molar-refractivity contribution in [3.05, 3.63) is 310 Å². The number of amides is 3. The molecular formula is C86H75Cl5N16O5. The number of nitrogens with two attached hydrogens (primary N) is 2. The Morgan fingerprint density at radius 2 is 0.723 bits per heavy atom. The molecule has 0 aliphatic carbocycles. The third-order valence-corrected chi connectivity index (χ3v) is 20.5. The van der Waals surface area contributed by atoms with Crippen LogP contribution in [-0.2, 0) is 9.53 Å². The molecule has 0 radical (unpaired) electrons. The fourth-order valence-corrected chi connectivity index (χ4v) is 14.3. The Morgan fingerprint density at radius 1 is 0.411 bits per heavy atom. The van der Waals surface area contributed by atoms with Crippen LogP contribution in [0.1, 0.15) is 55.0 Å². The lowest BCUT2D eigenvalue weighted by Gasteiger charge is -2.26. The van der Waals surface area contributed by atoms with Crippen LogP contribution in [0.25, 0.3) is 95.0 Å². The molecule has 0 saturated carbocycles. The van der Waals surface area contributed by atoms with Crippen LogP contribution >= 0.6 is 58.0 Å². The maximum Gasteiger partial charge on any atom is 0.254 e. The number of benzene rings is 10. The lowest BCUT2D eigenvalue weighted by atomic mass is 10.1. The second-order valence-electron chi connectivity index (χ2n) is 27.1. The largest absolute Gasteiger partial charge is 0.399 e. The third-order valence-electron chi connectivity index (χ3n) is 19.3. The molecule has 564 valence electrons. The van der Waals surface area contributed by atoms with E-state index in [9.17, 15) is 19.2 Å². The van der Waals surface area contributed by atoms with Crippen molar-refractivity contribution in [2.75, 3.05) is 66.6 Å². The number of likely N-dealkylation sites (tertiary alicyclic amines) is 2. The van der Waals surface area contributed by atoms with Gasteiger partial charge < -0.3 is 35.8 Å². The van der Waals surface area contributed by atoms with E-state index in [0.29, 0.717) is 93.3 Å². The summed E-state index contributed by atoms with van der Waals surface area (Å²) in [5.74, 6) is 0.0226. The third kappa shape index (κ3) is 17.5. The number of Topliss-reactive ketones (excluding diaryl/α,β-unsaturated/α-hetero) is 1. The molecule has 1 atom stereocenters. The van der Waals surface area contributed by atoms with Crippen molar-refractivity contribution in [1.82, 2.24) is 67.4 Å². The molecule has 1 unspecified atom stereocenters. The summed E-state index contributed by atoms with van der Waals surface area (Å²) in [4.78, 5) is 78.3. The van der Waals surface area contributed by atoms with Crippen LogP contribution in [0.15, 0.2) is 257 Å². The Kier molecular flexibility index (Phi) is 23.4. The number of carbonyl (C=O) groups is 4. The lowest BCUT2D eigenvalue weighted by Crippen LogP contribution is -2.40. The minimum atomic E-state index is -0.125. The summed E-state index contributed by atoms with van der Waals surface area (Å²) >= 11 is 30.3. The summed E-state index contributed by atoms with van der Waals surface area (Å²) in [6.45, 7) is 12.3. The number of morpholine rings is 1. The highest BCUT2D eigenvalue weighted by Gasteiger charge is 2.27. The Labute approximate surface area is 670 Å². The van der Waals surface area contributed by atoms with Gasteiger partial charge in [0.2, 0.25) is 0 Å². The van der Waals surface area contributed by atoms with Crippen LogP contribution < -0.4 is 11.5 Å². The number of fused-ring (bicyclic) bond motifs is 5. The number of hydrogen-bond donors (Lipinski definition) is 2. The van der Waals surface area contributed by atoms with Gasteiger partial charge in [0.05, 0.1) is 74.9 Å². The number of nitrogens with zero attached hydrogens (tertiary/aromatic N) is 14. The highest BCUT2D eigenvalue weighted by atomic mass is 35.5. The van der Waals surface area contributed by atoms with Crippen molar-refractivity contribution >= 4 is 148 Å².